The van der Waals surface area contributed by atoms with Gasteiger partial charge in [-0.15, -0.1) is 0 Å². The molecule has 0 fully saturated rings. The molecule has 1 N–H and O–H groups in total. The van der Waals surface area contributed by atoms with Gasteiger partial charge < -0.3 is 14.8 Å². The second kappa shape index (κ2) is 8.07. The zero-order chi connectivity index (χ0) is 19.2. The highest BCUT2D eigenvalue weighted by atomic mass is 16.5. The van der Waals surface area contributed by atoms with Crippen LogP contribution >= 0.6 is 0 Å². The van der Waals surface area contributed by atoms with Crippen LogP contribution in [0.2, 0.25) is 0 Å². The van der Waals surface area contributed by atoms with E-state index in [1.54, 1.807) is 56.7 Å². The van der Waals surface area contributed by atoms with Gasteiger partial charge >= 0.3 is 0 Å². The maximum atomic E-state index is 12.6. The van der Waals surface area contributed by atoms with Crippen LogP contribution in [0.25, 0.3) is 11.1 Å². The summed E-state index contributed by atoms with van der Waals surface area (Å²) >= 11 is 0. The highest BCUT2D eigenvalue weighted by Crippen LogP contribution is 2.33. The van der Waals surface area contributed by atoms with Crippen molar-refractivity contribution in [3.8, 4) is 28.7 Å². The van der Waals surface area contributed by atoms with Gasteiger partial charge in [-0.05, 0) is 60.2 Å². The monoisotopic (exact) mass is 358 g/mol. The first-order valence-corrected chi connectivity index (χ1v) is 8.28. The van der Waals surface area contributed by atoms with Gasteiger partial charge in [-0.2, -0.15) is 5.26 Å². The van der Waals surface area contributed by atoms with Crippen LogP contribution in [-0.2, 0) is 0 Å². The van der Waals surface area contributed by atoms with Crippen LogP contribution in [-0.4, -0.2) is 20.1 Å². The minimum atomic E-state index is -0.244. The summed E-state index contributed by atoms with van der Waals surface area (Å²) in [6.07, 6.45) is 0. The number of methoxy groups -OCH3 is 2. The quantitative estimate of drug-likeness (QED) is 0.729. The molecule has 0 unspecified atom stereocenters. The molecule has 27 heavy (non-hydrogen) atoms. The number of anilines is 1. The lowest BCUT2D eigenvalue weighted by atomic mass is 10.0. The van der Waals surface area contributed by atoms with Crippen molar-refractivity contribution in [2.75, 3.05) is 19.5 Å². The largest absolute Gasteiger partial charge is 0.497 e. The third kappa shape index (κ3) is 4.07. The summed E-state index contributed by atoms with van der Waals surface area (Å²) in [6.45, 7) is 0. The molecule has 0 saturated heterocycles. The Bertz CT molecular complexity index is 1000. The second-order valence-electron chi connectivity index (χ2n) is 5.79. The molecule has 0 aromatic heterocycles. The Morgan fingerprint density at radius 3 is 2.41 bits per heavy atom. The maximum Gasteiger partial charge on any atom is 0.255 e. The van der Waals surface area contributed by atoms with Crippen molar-refractivity contribution in [1.29, 1.82) is 5.26 Å². The van der Waals surface area contributed by atoms with Gasteiger partial charge in [-0.25, -0.2) is 0 Å². The average Bonchev–Trinajstić information content (AvgIpc) is 2.73. The molecule has 0 saturated carbocycles. The van der Waals surface area contributed by atoms with Gasteiger partial charge in [0, 0.05) is 16.8 Å². The van der Waals surface area contributed by atoms with Crippen LogP contribution in [0.3, 0.4) is 0 Å². The van der Waals surface area contributed by atoms with Gasteiger partial charge in [0.25, 0.3) is 5.91 Å². The topological polar surface area (TPSA) is 71.3 Å². The van der Waals surface area contributed by atoms with Crippen molar-refractivity contribution in [1.82, 2.24) is 0 Å². The first kappa shape index (κ1) is 18.0. The number of rotatable bonds is 5. The number of hydrogen-bond acceptors (Lipinski definition) is 4. The highest BCUT2D eigenvalue weighted by molar-refractivity contribution is 6.05. The van der Waals surface area contributed by atoms with Crippen LogP contribution in [0.4, 0.5) is 5.69 Å². The minimum absolute atomic E-state index is 0.244. The summed E-state index contributed by atoms with van der Waals surface area (Å²) in [5, 5.41) is 11.7. The maximum absolute atomic E-state index is 12.6. The molecular weight excluding hydrogens is 340 g/mol. The molecule has 3 aromatic rings. The van der Waals surface area contributed by atoms with Crippen molar-refractivity contribution in [3.05, 3.63) is 77.9 Å². The van der Waals surface area contributed by atoms with Crippen molar-refractivity contribution in [2.45, 2.75) is 0 Å². The lowest BCUT2D eigenvalue weighted by Crippen LogP contribution is -2.12. The third-order valence-corrected chi connectivity index (χ3v) is 4.11. The van der Waals surface area contributed by atoms with Crippen LogP contribution in [0, 0.1) is 11.3 Å². The van der Waals surface area contributed by atoms with E-state index in [9.17, 15) is 4.79 Å². The van der Waals surface area contributed by atoms with E-state index < -0.39 is 0 Å². The van der Waals surface area contributed by atoms with Gasteiger partial charge in [0.05, 0.1) is 25.9 Å². The molecule has 5 heteroatoms. The molecule has 3 rings (SSSR count). The SMILES string of the molecule is COc1cccc(-c2cc(C(=O)Nc3ccc(C#N)cc3)ccc2OC)c1. The van der Waals surface area contributed by atoms with E-state index in [0.717, 1.165) is 16.9 Å². The fourth-order valence-electron chi connectivity index (χ4n) is 2.70. The zero-order valence-corrected chi connectivity index (χ0v) is 15.0. The average molecular weight is 358 g/mol. The standard InChI is InChI=1S/C22H18N2O3/c1-26-19-5-3-4-16(12-19)20-13-17(8-11-21(20)27-2)22(25)24-18-9-6-15(14-23)7-10-18/h3-13H,1-2H3,(H,24,25). The van der Waals surface area contributed by atoms with Gasteiger partial charge in [0.1, 0.15) is 11.5 Å². The van der Waals surface area contributed by atoms with Crippen molar-refractivity contribution >= 4 is 11.6 Å². The predicted octanol–water partition coefficient (Wildman–Crippen LogP) is 4.49. The molecule has 0 aliphatic rings. The molecule has 134 valence electrons. The van der Waals surface area contributed by atoms with E-state index in [4.69, 9.17) is 14.7 Å². The van der Waals surface area contributed by atoms with Crippen LogP contribution in [0.5, 0.6) is 11.5 Å². The Labute approximate surface area is 157 Å². The summed E-state index contributed by atoms with van der Waals surface area (Å²) in [5.74, 6) is 1.15. The number of nitriles is 1. The summed E-state index contributed by atoms with van der Waals surface area (Å²) in [4.78, 5) is 12.6. The lowest BCUT2D eigenvalue weighted by Gasteiger charge is -2.12. The Morgan fingerprint density at radius 1 is 0.963 bits per heavy atom. The Balaban J connectivity index is 1.91. The molecule has 0 bridgehead atoms. The van der Waals surface area contributed by atoms with E-state index in [1.807, 2.05) is 30.3 Å². The Morgan fingerprint density at radius 2 is 1.74 bits per heavy atom. The molecule has 0 heterocycles. The molecule has 0 radical (unpaired) electrons. The third-order valence-electron chi connectivity index (χ3n) is 4.11. The molecule has 0 aliphatic heterocycles. The van der Waals surface area contributed by atoms with Crippen LogP contribution in [0.15, 0.2) is 66.7 Å². The molecule has 0 aliphatic carbocycles. The number of ether oxygens (including phenoxy) is 2. The summed E-state index contributed by atoms with van der Waals surface area (Å²) in [7, 11) is 3.20. The van der Waals surface area contributed by atoms with Crippen LogP contribution < -0.4 is 14.8 Å². The predicted molar refractivity (Wildman–Crippen MR) is 104 cm³/mol. The molecule has 3 aromatic carbocycles. The molecule has 0 atom stereocenters. The normalized spacial score (nSPS) is 9.96. The van der Waals surface area contributed by atoms with E-state index >= 15 is 0 Å². The number of nitrogens with one attached hydrogen (secondary N) is 1. The van der Waals surface area contributed by atoms with E-state index in [2.05, 4.69) is 5.32 Å². The molecule has 5 nitrogen and oxygen atoms in total. The summed E-state index contributed by atoms with van der Waals surface area (Å²) in [5.41, 5.74) is 3.34. The zero-order valence-electron chi connectivity index (χ0n) is 15.0. The highest BCUT2D eigenvalue weighted by Gasteiger charge is 2.13. The Hall–Kier alpha value is -3.78. The first-order chi connectivity index (χ1) is 13.1. The van der Waals surface area contributed by atoms with Gasteiger partial charge in [0.15, 0.2) is 0 Å². The van der Waals surface area contributed by atoms with Crippen LogP contribution in [0.1, 0.15) is 15.9 Å². The second-order valence-corrected chi connectivity index (χ2v) is 5.79. The number of amides is 1. The van der Waals surface area contributed by atoms with E-state index in [-0.39, 0.29) is 5.91 Å². The Kier molecular flexibility index (Phi) is 5.38. The number of nitrogens with zero attached hydrogens (tertiary/aromatic N) is 1. The smallest absolute Gasteiger partial charge is 0.255 e. The fourth-order valence-corrected chi connectivity index (χ4v) is 2.70. The lowest BCUT2D eigenvalue weighted by molar-refractivity contribution is 0.102. The van der Waals surface area contributed by atoms with Gasteiger partial charge in [-0.1, -0.05) is 12.1 Å². The number of benzene rings is 3. The number of carbonyl (C=O) groups is 1. The van der Waals surface area contributed by atoms with Crippen molar-refractivity contribution < 1.29 is 14.3 Å². The number of carbonyl (C=O) groups excluding carboxylic acids is 1. The minimum Gasteiger partial charge on any atom is -0.497 e. The summed E-state index contributed by atoms with van der Waals surface area (Å²) in [6, 6.07) is 21.6. The van der Waals surface area contributed by atoms with Gasteiger partial charge in [0.2, 0.25) is 0 Å². The molecule has 0 spiro atoms. The fraction of sp³-hybridized carbons (Fsp3) is 0.0909. The van der Waals surface area contributed by atoms with E-state index in [0.29, 0.717) is 22.6 Å². The first-order valence-electron chi connectivity index (χ1n) is 8.28. The molecule has 1 amide bonds. The van der Waals surface area contributed by atoms with Gasteiger partial charge in [-0.3, -0.25) is 4.79 Å². The van der Waals surface area contributed by atoms with Crippen molar-refractivity contribution in [2.24, 2.45) is 0 Å². The summed E-state index contributed by atoms with van der Waals surface area (Å²) < 4.78 is 10.7. The molecular formula is C22H18N2O3. The van der Waals surface area contributed by atoms with E-state index in [1.165, 1.54) is 0 Å². The van der Waals surface area contributed by atoms with Crippen molar-refractivity contribution in [3.63, 3.8) is 0 Å². The number of hydrogen-bond donors (Lipinski definition) is 1.